The minimum absolute atomic E-state index is 0.189. The number of nitrogens with one attached hydrogen (secondary N) is 1. The number of benzene rings is 2. The van der Waals surface area contributed by atoms with Crippen molar-refractivity contribution in [3.63, 3.8) is 0 Å². The average molecular weight is 310 g/mol. The quantitative estimate of drug-likeness (QED) is 0.876. The second-order valence-electron chi connectivity index (χ2n) is 5.05. The van der Waals surface area contributed by atoms with E-state index in [0.29, 0.717) is 17.0 Å². The molecule has 0 aromatic heterocycles. The zero-order valence-corrected chi connectivity index (χ0v) is 12.4. The number of hydrogen-bond donors (Lipinski definition) is 1. The van der Waals surface area contributed by atoms with Gasteiger partial charge in [0.1, 0.15) is 5.75 Å². The molecular weight excluding hydrogens is 296 g/mol. The summed E-state index contributed by atoms with van der Waals surface area (Å²) in [7, 11) is 1.41. The molecule has 0 atom stereocenters. The van der Waals surface area contributed by atoms with E-state index in [1.54, 1.807) is 42.5 Å². The molecule has 1 heterocycles. The van der Waals surface area contributed by atoms with Gasteiger partial charge in [0.05, 0.1) is 16.8 Å². The Labute approximate surface area is 132 Å². The number of para-hydroxylation sites is 1. The zero-order chi connectivity index (χ0) is 16.4. The summed E-state index contributed by atoms with van der Waals surface area (Å²) in [4.78, 5) is 37.1. The summed E-state index contributed by atoms with van der Waals surface area (Å²) in [6, 6.07) is 13.7. The Kier molecular flexibility index (Phi) is 3.80. The number of carbonyl (C=O) groups excluding carboxylic acids is 3. The lowest BCUT2D eigenvalue weighted by atomic mass is 10.1. The van der Waals surface area contributed by atoms with E-state index in [2.05, 4.69) is 5.32 Å². The number of rotatable bonds is 4. The molecule has 0 unspecified atom stereocenters. The van der Waals surface area contributed by atoms with Gasteiger partial charge in [0.25, 0.3) is 17.7 Å². The van der Waals surface area contributed by atoms with Crippen LogP contribution in [0.25, 0.3) is 0 Å². The van der Waals surface area contributed by atoms with Crippen LogP contribution in [-0.4, -0.2) is 36.3 Å². The van der Waals surface area contributed by atoms with E-state index in [4.69, 9.17) is 4.74 Å². The molecule has 116 valence electrons. The van der Waals surface area contributed by atoms with Gasteiger partial charge in [-0.05, 0) is 24.3 Å². The van der Waals surface area contributed by atoms with Crippen LogP contribution in [0.2, 0.25) is 0 Å². The van der Waals surface area contributed by atoms with Crippen molar-refractivity contribution in [3.8, 4) is 5.75 Å². The highest BCUT2D eigenvalue weighted by molar-refractivity contribution is 6.24. The number of imide groups is 1. The standard InChI is InChI=1S/C17H14N2O4/c1-19-16(21)12-8-5-9-13(15(12)17(19)22)18-14(20)10-23-11-6-3-2-4-7-11/h2-9H,10H2,1H3,(H,18,20). The van der Waals surface area contributed by atoms with Crippen LogP contribution in [0.3, 0.4) is 0 Å². The molecule has 0 spiro atoms. The van der Waals surface area contributed by atoms with Crippen molar-refractivity contribution >= 4 is 23.4 Å². The smallest absolute Gasteiger partial charge is 0.263 e. The lowest BCUT2D eigenvalue weighted by molar-refractivity contribution is -0.118. The van der Waals surface area contributed by atoms with Crippen molar-refractivity contribution in [3.05, 3.63) is 59.7 Å². The third-order valence-electron chi connectivity index (χ3n) is 3.51. The van der Waals surface area contributed by atoms with Crippen molar-refractivity contribution in [1.82, 2.24) is 4.90 Å². The Hall–Kier alpha value is -3.15. The van der Waals surface area contributed by atoms with Crippen molar-refractivity contribution < 1.29 is 19.1 Å². The fourth-order valence-corrected chi connectivity index (χ4v) is 2.36. The molecule has 23 heavy (non-hydrogen) atoms. The van der Waals surface area contributed by atoms with Gasteiger partial charge >= 0.3 is 0 Å². The molecule has 3 rings (SSSR count). The lowest BCUT2D eigenvalue weighted by Crippen LogP contribution is -2.25. The van der Waals surface area contributed by atoms with E-state index >= 15 is 0 Å². The van der Waals surface area contributed by atoms with E-state index in [-0.39, 0.29) is 18.1 Å². The van der Waals surface area contributed by atoms with E-state index in [1.807, 2.05) is 6.07 Å². The predicted molar refractivity (Wildman–Crippen MR) is 83.4 cm³/mol. The molecule has 0 bridgehead atoms. The Morgan fingerprint density at radius 1 is 1.04 bits per heavy atom. The SMILES string of the molecule is CN1C(=O)c2cccc(NC(=O)COc3ccccc3)c2C1=O. The third kappa shape index (κ3) is 2.78. The minimum atomic E-state index is -0.426. The fraction of sp³-hybridized carbons (Fsp3) is 0.118. The molecule has 0 saturated heterocycles. The molecule has 3 amide bonds. The molecule has 2 aromatic rings. The minimum Gasteiger partial charge on any atom is -0.484 e. The van der Waals surface area contributed by atoms with Gasteiger partial charge in [0, 0.05) is 7.05 Å². The molecule has 0 fully saturated rings. The number of nitrogens with zero attached hydrogens (tertiary/aromatic N) is 1. The molecule has 1 aliphatic rings. The average Bonchev–Trinajstić information content (AvgIpc) is 2.79. The fourth-order valence-electron chi connectivity index (χ4n) is 2.36. The van der Waals surface area contributed by atoms with Crippen LogP contribution < -0.4 is 10.1 Å². The number of fused-ring (bicyclic) bond motifs is 1. The van der Waals surface area contributed by atoms with Crippen LogP contribution in [-0.2, 0) is 4.79 Å². The Morgan fingerprint density at radius 3 is 2.52 bits per heavy atom. The van der Waals surface area contributed by atoms with Crippen molar-refractivity contribution in [2.24, 2.45) is 0 Å². The van der Waals surface area contributed by atoms with Gasteiger partial charge in [0.15, 0.2) is 6.61 Å². The first kappa shape index (κ1) is 14.8. The molecule has 1 aliphatic heterocycles. The maximum atomic E-state index is 12.1. The van der Waals surface area contributed by atoms with Gasteiger partial charge < -0.3 is 10.1 Å². The topological polar surface area (TPSA) is 75.7 Å². The van der Waals surface area contributed by atoms with Gasteiger partial charge in [0.2, 0.25) is 0 Å². The van der Waals surface area contributed by atoms with Crippen LogP contribution in [0, 0.1) is 0 Å². The molecular formula is C17H14N2O4. The van der Waals surface area contributed by atoms with E-state index in [1.165, 1.54) is 7.05 Å². The van der Waals surface area contributed by atoms with Crippen LogP contribution in [0.5, 0.6) is 5.75 Å². The maximum Gasteiger partial charge on any atom is 0.263 e. The number of amides is 3. The number of anilines is 1. The van der Waals surface area contributed by atoms with Gasteiger partial charge in [-0.1, -0.05) is 24.3 Å². The largest absolute Gasteiger partial charge is 0.484 e. The number of carbonyl (C=O) groups is 3. The summed E-state index contributed by atoms with van der Waals surface area (Å²) in [5.74, 6) is -0.629. The Bertz CT molecular complexity index is 786. The molecule has 2 aromatic carbocycles. The summed E-state index contributed by atoms with van der Waals surface area (Å²) < 4.78 is 5.35. The van der Waals surface area contributed by atoms with Crippen LogP contribution in [0.1, 0.15) is 20.7 Å². The highest BCUT2D eigenvalue weighted by Crippen LogP contribution is 2.28. The number of hydrogen-bond acceptors (Lipinski definition) is 4. The summed E-state index contributed by atoms with van der Waals surface area (Å²) in [6.45, 7) is -0.189. The summed E-state index contributed by atoms with van der Waals surface area (Å²) >= 11 is 0. The monoisotopic (exact) mass is 310 g/mol. The first-order valence-corrected chi connectivity index (χ1v) is 7.01. The van der Waals surface area contributed by atoms with E-state index in [9.17, 15) is 14.4 Å². The third-order valence-corrected chi connectivity index (χ3v) is 3.51. The second-order valence-corrected chi connectivity index (χ2v) is 5.05. The molecule has 6 heteroatoms. The molecule has 0 aliphatic carbocycles. The normalized spacial score (nSPS) is 13.0. The van der Waals surface area contributed by atoms with E-state index in [0.717, 1.165) is 4.90 Å². The zero-order valence-electron chi connectivity index (χ0n) is 12.4. The van der Waals surface area contributed by atoms with Gasteiger partial charge in [-0.25, -0.2) is 0 Å². The molecule has 0 saturated carbocycles. The first-order valence-electron chi connectivity index (χ1n) is 7.01. The van der Waals surface area contributed by atoms with Crippen molar-refractivity contribution in [1.29, 1.82) is 0 Å². The van der Waals surface area contributed by atoms with E-state index < -0.39 is 11.8 Å². The highest BCUT2D eigenvalue weighted by Gasteiger charge is 2.35. The second kappa shape index (κ2) is 5.92. The summed E-state index contributed by atoms with van der Waals surface area (Å²) in [6.07, 6.45) is 0. The Morgan fingerprint density at radius 2 is 1.78 bits per heavy atom. The molecule has 0 radical (unpaired) electrons. The van der Waals surface area contributed by atoms with Gasteiger partial charge in [-0.15, -0.1) is 0 Å². The van der Waals surface area contributed by atoms with Crippen molar-refractivity contribution in [2.75, 3.05) is 19.0 Å². The van der Waals surface area contributed by atoms with Gasteiger partial charge in [-0.2, -0.15) is 0 Å². The highest BCUT2D eigenvalue weighted by atomic mass is 16.5. The van der Waals surface area contributed by atoms with Crippen LogP contribution >= 0.6 is 0 Å². The van der Waals surface area contributed by atoms with Crippen LogP contribution in [0.4, 0.5) is 5.69 Å². The maximum absolute atomic E-state index is 12.1. The molecule has 1 N–H and O–H groups in total. The summed E-state index contributed by atoms with van der Waals surface area (Å²) in [5.41, 5.74) is 0.819. The number of ether oxygens (including phenoxy) is 1. The predicted octanol–water partition coefficient (Wildman–Crippen LogP) is 1.93. The first-order chi connectivity index (χ1) is 11.1. The van der Waals surface area contributed by atoms with Crippen molar-refractivity contribution in [2.45, 2.75) is 0 Å². The van der Waals surface area contributed by atoms with Gasteiger partial charge in [-0.3, -0.25) is 19.3 Å². The molecule has 6 nitrogen and oxygen atoms in total. The summed E-state index contributed by atoms with van der Waals surface area (Å²) in [5, 5.41) is 2.62. The van der Waals surface area contributed by atoms with Crippen LogP contribution in [0.15, 0.2) is 48.5 Å². The lowest BCUT2D eigenvalue weighted by Gasteiger charge is -2.10. The Balaban J connectivity index is 1.73.